The number of nitrogens with zero attached hydrogens (tertiary/aromatic N) is 2. The van der Waals surface area contributed by atoms with Gasteiger partial charge < -0.3 is 4.57 Å². The van der Waals surface area contributed by atoms with Crippen molar-refractivity contribution in [1.82, 2.24) is 9.55 Å². The number of thiophene rings is 1. The standard InChI is InChI=1S/C16H17ClN2S/c1-10-6-7-13-14(9-10)19(16(18-13)11(2)17)12(3)15-5-4-8-20-15/h4-9,11-12H,1-3H3. The number of imidazole rings is 1. The monoisotopic (exact) mass is 304 g/mol. The molecule has 0 saturated heterocycles. The van der Waals surface area contributed by atoms with Crippen molar-refractivity contribution in [2.24, 2.45) is 0 Å². The summed E-state index contributed by atoms with van der Waals surface area (Å²) in [5.74, 6) is 0.938. The van der Waals surface area contributed by atoms with Gasteiger partial charge in [-0.25, -0.2) is 4.98 Å². The van der Waals surface area contributed by atoms with Crippen LogP contribution in [-0.2, 0) is 0 Å². The van der Waals surface area contributed by atoms with Crippen molar-refractivity contribution in [2.75, 3.05) is 0 Å². The fraction of sp³-hybridized carbons (Fsp3) is 0.312. The lowest BCUT2D eigenvalue weighted by Gasteiger charge is -2.17. The van der Waals surface area contributed by atoms with Crippen molar-refractivity contribution in [3.63, 3.8) is 0 Å². The maximum atomic E-state index is 6.35. The average molecular weight is 305 g/mol. The van der Waals surface area contributed by atoms with Crippen LogP contribution in [0.15, 0.2) is 35.7 Å². The molecule has 0 aliphatic heterocycles. The molecule has 0 amide bonds. The van der Waals surface area contributed by atoms with E-state index in [4.69, 9.17) is 16.6 Å². The number of alkyl halides is 1. The molecule has 3 aromatic rings. The molecule has 0 spiro atoms. The molecule has 2 unspecified atom stereocenters. The molecule has 3 rings (SSSR count). The van der Waals surface area contributed by atoms with Gasteiger partial charge in [0.25, 0.3) is 0 Å². The number of halogens is 1. The summed E-state index contributed by atoms with van der Waals surface area (Å²) in [5.41, 5.74) is 3.42. The molecule has 0 N–H and O–H groups in total. The van der Waals surface area contributed by atoms with E-state index in [-0.39, 0.29) is 11.4 Å². The first-order valence-corrected chi connectivity index (χ1v) is 8.05. The zero-order chi connectivity index (χ0) is 14.3. The van der Waals surface area contributed by atoms with E-state index in [1.807, 2.05) is 6.92 Å². The van der Waals surface area contributed by atoms with E-state index in [2.05, 4.69) is 54.1 Å². The first kappa shape index (κ1) is 13.7. The van der Waals surface area contributed by atoms with Crippen LogP contribution in [0.25, 0.3) is 11.0 Å². The summed E-state index contributed by atoms with van der Waals surface area (Å²) in [7, 11) is 0. The van der Waals surface area contributed by atoms with E-state index < -0.39 is 0 Å². The predicted molar refractivity (Wildman–Crippen MR) is 86.9 cm³/mol. The van der Waals surface area contributed by atoms with Crippen LogP contribution in [0.1, 0.15) is 41.5 Å². The van der Waals surface area contributed by atoms with E-state index in [0.29, 0.717) is 0 Å². The lowest BCUT2D eigenvalue weighted by atomic mass is 10.2. The number of rotatable bonds is 3. The molecule has 0 radical (unpaired) electrons. The molecule has 2 atom stereocenters. The second kappa shape index (κ2) is 5.23. The van der Waals surface area contributed by atoms with Gasteiger partial charge in [0.15, 0.2) is 0 Å². The quantitative estimate of drug-likeness (QED) is 0.599. The van der Waals surface area contributed by atoms with Gasteiger partial charge in [-0.2, -0.15) is 0 Å². The molecule has 0 saturated carbocycles. The second-order valence-corrected chi connectivity index (χ2v) is 6.77. The van der Waals surface area contributed by atoms with Gasteiger partial charge in [-0.1, -0.05) is 12.1 Å². The van der Waals surface area contributed by atoms with E-state index in [0.717, 1.165) is 16.9 Å². The fourth-order valence-corrected chi connectivity index (χ4v) is 3.49. The highest BCUT2D eigenvalue weighted by atomic mass is 35.5. The van der Waals surface area contributed by atoms with E-state index >= 15 is 0 Å². The van der Waals surface area contributed by atoms with Crippen molar-refractivity contribution in [3.8, 4) is 0 Å². The number of aryl methyl sites for hydroxylation is 1. The Labute approximate surface area is 128 Å². The van der Waals surface area contributed by atoms with Crippen LogP contribution in [-0.4, -0.2) is 9.55 Å². The average Bonchev–Trinajstić information content (AvgIpc) is 3.04. The molecule has 20 heavy (non-hydrogen) atoms. The summed E-state index contributed by atoms with van der Waals surface area (Å²) in [6, 6.07) is 10.9. The fourth-order valence-electron chi connectivity index (χ4n) is 2.57. The molecule has 0 aliphatic carbocycles. The van der Waals surface area contributed by atoms with Crippen LogP contribution in [0.3, 0.4) is 0 Å². The Bertz CT molecular complexity index is 728. The first-order chi connectivity index (χ1) is 9.58. The third kappa shape index (κ3) is 2.25. The van der Waals surface area contributed by atoms with Crippen LogP contribution >= 0.6 is 22.9 Å². The zero-order valence-electron chi connectivity index (χ0n) is 11.8. The Morgan fingerprint density at radius 3 is 2.70 bits per heavy atom. The van der Waals surface area contributed by atoms with Gasteiger partial charge in [-0.3, -0.25) is 0 Å². The molecule has 2 nitrogen and oxygen atoms in total. The predicted octanol–water partition coefficient (Wildman–Crippen LogP) is 5.32. The molecule has 0 bridgehead atoms. The van der Waals surface area contributed by atoms with Crippen molar-refractivity contribution in [1.29, 1.82) is 0 Å². The lowest BCUT2D eigenvalue weighted by molar-refractivity contribution is 0.628. The zero-order valence-corrected chi connectivity index (χ0v) is 13.4. The van der Waals surface area contributed by atoms with Crippen LogP contribution in [0, 0.1) is 6.92 Å². The Balaban J connectivity index is 2.25. The Kier molecular flexibility index (Phi) is 3.57. The van der Waals surface area contributed by atoms with Crippen molar-refractivity contribution < 1.29 is 0 Å². The van der Waals surface area contributed by atoms with Crippen molar-refractivity contribution >= 4 is 34.0 Å². The van der Waals surface area contributed by atoms with Gasteiger partial charge >= 0.3 is 0 Å². The highest BCUT2D eigenvalue weighted by molar-refractivity contribution is 7.10. The molecule has 1 aromatic carbocycles. The third-order valence-electron chi connectivity index (χ3n) is 3.57. The highest BCUT2D eigenvalue weighted by Crippen LogP contribution is 2.32. The number of hydrogen-bond acceptors (Lipinski definition) is 2. The molecule has 104 valence electrons. The van der Waals surface area contributed by atoms with E-state index in [1.54, 1.807) is 11.3 Å². The Hall–Kier alpha value is -1.32. The molecular formula is C16H17ClN2S. The summed E-state index contributed by atoms with van der Waals surface area (Å²) in [6.07, 6.45) is 0. The normalized spacial score (nSPS) is 14.6. The number of benzene rings is 1. The first-order valence-electron chi connectivity index (χ1n) is 6.74. The minimum absolute atomic E-state index is 0.106. The Morgan fingerprint density at radius 1 is 1.25 bits per heavy atom. The van der Waals surface area contributed by atoms with Gasteiger partial charge in [0, 0.05) is 4.88 Å². The summed E-state index contributed by atoms with van der Waals surface area (Å²) in [4.78, 5) is 6.04. The maximum absolute atomic E-state index is 6.35. The Morgan fingerprint density at radius 2 is 2.05 bits per heavy atom. The summed E-state index contributed by atoms with van der Waals surface area (Å²) >= 11 is 8.12. The largest absolute Gasteiger partial charge is 0.319 e. The van der Waals surface area contributed by atoms with Gasteiger partial charge in [0.2, 0.25) is 0 Å². The van der Waals surface area contributed by atoms with Gasteiger partial charge in [-0.05, 0) is 49.9 Å². The summed E-state index contributed by atoms with van der Waals surface area (Å²) < 4.78 is 2.27. The third-order valence-corrected chi connectivity index (χ3v) is 4.81. The lowest BCUT2D eigenvalue weighted by Crippen LogP contribution is -2.10. The smallest absolute Gasteiger partial charge is 0.128 e. The van der Waals surface area contributed by atoms with E-state index in [1.165, 1.54) is 10.4 Å². The van der Waals surface area contributed by atoms with Crippen LogP contribution < -0.4 is 0 Å². The number of aromatic nitrogens is 2. The minimum atomic E-state index is -0.106. The number of fused-ring (bicyclic) bond motifs is 1. The van der Waals surface area contributed by atoms with Crippen LogP contribution in [0.4, 0.5) is 0 Å². The molecule has 2 aromatic heterocycles. The minimum Gasteiger partial charge on any atom is -0.319 e. The molecule has 0 fully saturated rings. The second-order valence-electron chi connectivity index (χ2n) is 5.14. The van der Waals surface area contributed by atoms with Gasteiger partial charge in [-0.15, -0.1) is 22.9 Å². The summed E-state index contributed by atoms with van der Waals surface area (Å²) in [5, 5.41) is 2.00. The molecule has 2 heterocycles. The summed E-state index contributed by atoms with van der Waals surface area (Å²) in [6.45, 7) is 6.29. The molecular weight excluding hydrogens is 288 g/mol. The molecule has 0 aliphatic rings. The SMILES string of the molecule is Cc1ccc2nc(C(C)Cl)n(C(C)c3cccs3)c2c1. The molecule has 4 heteroatoms. The maximum Gasteiger partial charge on any atom is 0.128 e. The van der Waals surface area contributed by atoms with Gasteiger partial charge in [0.1, 0.15) is 5.82 Å². The van der Waals surface area contributed by atoms with E-state index in [9.17, 15) is 0 Å². The van der Waals surface area contributed by atoms with Crippen molar-refractivity contribution in [3.05, 3.63) is 52.0 Å². The highest BCUT2D eigenvalue weighted by Gasteiger charge is 2.20. The van der Waals surface area contributed by atoms with Crippen LogP contribution in [0.5, 0.6) is 0 Å². The number of hydrogen-bond donors (Lipinski definition) is 0. The topological polar surface area (TPSA) is 17.8 Å². The van der Waals surface area contributed by atoms with Gasteiger partial charge in [0.05, 0.1) is 22.5 Å². The van der Waals surface area contributed by atoms with Crippen molar-refractivity contribution in [2.45, 2.75) is 32.2 Å². The van der Waals surface area contributed by atoms with Crippen LogP contribution in [0.2, 0.25) is 0 Å².